The summed E-state index contributed by atoms with van der Waals surface area (Å²) in [7, 11) is 1.73. The quantitative estimate of drug-likeness (QED) is 0.776. The Morgan fingerprint density at radius 2 is 2.11 bits per heavy atom. The first-order valence-corrected chi connectivity index (χ1v) is 7.40. The number of hydrogen-bond acceptors (Lipinski definition) is 3. The average Bonchev–Trinajstić information content (AvgIpc) is 2.37. The van der Waals surface area contributed by atoms with E-state index in [1.165, 1.54) is 0 Å². The Balaban J connectivity index is 2.69. The highest BCUT2D eigenvalue weighted by Crippen LogP contribution is 2.21. The number of rotatable bonds is 5. The first-order chi connectivity index (χ1) is 8.82. The van der Waals surface area contributed by atoms with Gasteiger partial charge in [-0.2, -0.15) is 0 Å². The van der Waals surface area contributed by atoms with Crippen molar-refractivity contribution in [3.05, 3.63) is 27.3 Å². The molecule has 1 amide bonds. The fraction of sp³-hybridized carbons (Fsp3) is 0.500. The highest BCUT2D eigenvalue weighted by molar-refractivity contribution is 14.1. The van der Waals surface area contributed by atoms with Crippen LogP contribution in [0, 0.1) is 9.49 Å². The van der Waals surface area contributed by atoms with E-state index in [-0.39, 0.29) is 17.7 Å². The SMILES string of the molecule is CC(C)C(N)CCN(C)C(=O)c1cc(I)ccc1O. The Bertz CT molecular complexity index is 449. The van der Waals surface area contributed by atoms with Crippen molar-refractivity contribution in [2.45, 2.75) is 26.3 Å². The molecule has 0 aliphatic heterocycles. The topological polar surface area (TPSA) is 66.6 Å². The van der Waals surface area contributed by atoms with E-state index >= 15 is 0 Å². The van der Waals surface area contributed by atoms with Crippen LogP contribution in [0.4, 0.5) is 0 Å². The van der Waals surface area contributed by atoms with Gasteiger partial charge < -0.3 is 15.7 Å². The Hall–Kier alpha value is -0.820. The van der Waals surface area contributed by atoms with Crippen LogP contribution in [0.2, 0.25) is 0 Å². The predicted octanol–water partition coefficient (Wildman–Crippen LogP) is 2.44. The Morgan fingerprint density at radius 1 is 1.47 bits per heavy atom. The third kappa shape index (κ3) is 4.65. The van der Waals surface area contributed by atoms with Crippen LogP contribution in [0.1, 0.15) is 30.6 Å². The maximum atomic E-state index is 12.2. The summed E-state index contributed by atoms with van der Waals surface area (Å²) in [6.45, 7) is 4.72. The van der Waals surface area contributed by atoms with Gasteiger partial charge in [0, 0.05) is 23.2 Å². The van der Waals surface area contributed by atoms with Crippen LogP contribution in [0.15, 0.2) is 18.2 Å². The molecule has 0 bridgehead atoms. The highest BCUT2D eigenvalue weighted by atomic mass is 127. The van der Waals surface area contributed by atoms with Crippen LogP contribution in [0.25, 0.3) is 0 Å². The Kier molecular flexibility index (Phi) is 6.06. The Morgan fingerprint density at radius 3 is 2.68 bits per heavy atom. The van der Waals surface area contributed by atoms with Crippen molar-refractivity contribution in [1.82, 2.24) is 4.90 Å². The van der Waals surface area contributed by atoms with Crippen molar-refractivity contribution in [2.75, 3.05) is 13.6 Å². The fourth-order valence-electron chi connectivity index (χ4n) is 1.66. The van der Waals surface area contributed by atoms with Crippen LogP contribution in [0.3, 0.4) is 0 Å². The summed E-state index contributed by atoms with van der Waals surface area (Å²) in [6.07, 6.45) is 0.755. The molecule has 0 heterocycles. The summed E-state index contributed by atoms with van der Waals surface area (Å²) in [4.78, 5) is 13.8. The average molecular weight is 376 g/mol. The van der Waals surface area contributed by atoms with E-state index < -0.39 is 0 Å². The lowest BCUT2D eigenvalue weighted by Gasteiger charge is -2.22. The van der Waals surface area contributed by atoms with Gasteiger partial charge >= 0.3 is 0 Å². The summed E-state index contributed by atoms with van der Waals surface area (Å²) in [5.41, 5.74) is 6.31. The van der Waals surface area contributed by atoms with E-state index in [0.717, 1.165) is 9.99 Å². The van der Waals surface area contributed by atoms with Crippen LogP contribution >= 0.6 is 22.6 Å². The van der Waals surface area contributed by atoms with E-state index in [2.05, 4.69) is 36.4 Å². The molecular formula is C14H21IN2O2. The molecule has 0 saturated carbocycles. The van der Waals surface area contributed by atoms with Crippen molar-refractivity contribution < 1.29 is 9.90 Å². The zero-order valence-electron chi connectivity index (χ0n) is 11.6. The van der Waals surface area contributed by atoms with Crippen LogP contribution < -0.4 is 5.73 Å². The van der Waals surface area contributed by atoms with Gasteiger partial charge in [-0.15, -0.1) is 0 Å². The number of carbonyl (C=O) groups excluding carboxylic acids is 1. The van der Waals surface area contributed by atoms with Crippen molar-refractivity contribution in [1.29, 1.82) is 0 Å². The monoisotopic (exact) mass is 376 g/mol. The van der Waals surface area contributed by atoms with Gasteiger partial charge in [0.1, 0.15) is 5.75 Å². The minimum absolute atomic E-state index is 0.0189. The molecule has 0 aliphatic carbocycles. The van der Waals surface area contributed by atoms with Gasteiger partial charge in [-0.25, -0.2) is 0 Å². The highest BCUT2D eigenvalue weighted by Gasteiger charge is 2.17. The first-order valence-electron chi connectivity index (χ1n) is 6.32. The molecule has 19 heavy (non-hydrogen) atoms. The minimum atomic E-state index is -0.174. The molecule has 1 rings (SSSR count). The molecule has 5 heteroatoms. The number of hydrogen-bond donors (Lipinski definition) is 2. The zero-order valence-corrected chi connectivity index (χ0v) is 13.7. The smallest absolute Gasteiger partial charge is 0.257 e. The van der Waals surface area contributed by atoms with Gasteiger partial charge in [-0.05, 0) is 53.1 Å². The lowest BCUT2D eigenvalue weighted by molar-refractivity contribution is 0.0786. The minimum Gasteiger partial charge on any atom is -0.507 e. The number of nitrogens with two attached hydrogens (primary N) is 1. The molecule has 1 atom stereocenters. The molecular weight excluding hydrogens is 355 g/mol. The molecule has 0 saturated heterocycles. The van der Waals surface area contributed by atoms with Gasteiger partial charge in [0.15, 0.2) is 0 Å². The lowest BCUT2D eigenvalue weighted by Crippen LogP contribution is -2.34. The molecule has 0 fully saturated rings. The molecule has 1 aromatic rings. The number of carbonyl (C=O) groups is 1. The molecule has 1 aromatic carbocycles. The van der Waals surface area contributed by atoms with Gasteiger partial charge in [0.05, 0.1) is 5.56 Å². The maximum absolute atomic E-state index is 12.2. The number of phenols is 1. The number of benzene rings is 1. The number of phenolic OH excluding ortho intramolecular Hbond substituents is 1. The van der Waals surface area contributed by atoms with Crippen molar-refractivity contribution in [3.63, 3.8) is 0 Å². The second-order valence-corrected chi connectivity index (χ2v) is 6.33. The van der Waals surface area contributed by atoms with Crippen LogP contribution in [0.5, 0.6) is 5.75 Å². The molecule has 106 valence electrons. The molecule has 0 spiro atoms. The molecule has 0 aliphatic rings. The molecule has 3 N–H and O–H groups in total. The summed E-state index contributed by atoms with van der Waals surface area (Å²) in [5, 5.41) is 9.74. The van der Waals surface area contributed by atoms with Crippen molar-refractivity contribution in [3.8, 4) is 5.75 Å². The standard InChI is InChI=1S/C14H21IN2O2/c1-9(2)12(16)6-7-17(3)14(19)11-8-10(15)4-5-13(11)18/h4-5,8-9,12,18H,6-7,16H2,1-3H3. The van der Waals surface area contributed by atoms with Gasteiger partial charge in [0.2, 0.25) is 0 Å². The summed E-state index contributed by atoms with van der Waals surface area (Å²) in [6, 6.07) is 5.08. The van der Waals surface area contributed by atoms with E-state index in [0.29, 0.717) is 18.0 Å². The maximum Gasteiger partial charge on any atom is 0.257 e. The molecule has 4 nitrogen and oxygen atoms in total. The van der Waals surface area contributed by atoms with Gasteiger partial charge in [-0.3, -0.25) is 4.79 Å². The normalized spacial score (nSPS) is 12.5. The second kappa shape index (κ2) is 7.09. The van der Waals surface area contributed by atoms with Crippen molar-refractivity contribution in [2.24, 2.45) is 11.7 Å². The number of halogens is 1. The molecule has 1 unspecified atom stereocenters. The second-order valence-electron chi connectivity index (χ2n) is 5.08. The van der Waals surface area contributed by atoms with E-state index in [9.17, 15) is 9.90 Å². The number of amides is 1. The predicted molar refractivity (Wildman–Crippen MR) is 85.2 cm³/mol. The fourth-order valence-corrected chi connectivity index (χ4v) is 2.15. The van der Waals surface area contributed by atoms with Crippen molar-refractivity contribution >= 4 is 28.5 Å². The first kappa shape index (κ1) is 16.2. The zero-order chi connectivity index (χ0) is 14.6. The van der Waals surface area contributed by atoms with Gasteiger partial charge in [0.25, 0.3) is 5.91 Å². The summed E-state index contributed by atoms with van der Waals surface area (Å²) in [5.74, 6) is 0.243. The third-order valence-electron chi connectivity index (χ3n) is 3.19. The molecule has 0 aromatic heterocycles. The molecule has 0 radical (unpaired) electrons. The van der Waals surface area contributed by atoms with E-state index in [1.54, 1.807) is 30.1 Å². The van der Waals surface area contributed by atoms with E-state index in [4.69, 9.17) is 5.73 Å². The number of aromatic hydroxyl groups is 1. The van der Waals surface area contributed by atoms with Crippen LogP contribution in [-0.2, 0) is 0 Å². The van der Waals surface area contributed by atoms with E-state index in [1.807, 2.05) is 0 Å². The van der Waals surface area contributed by atoms with Gasteiger partial charge in [-0.1, -0.05) is 13.8 Å². The summed E-state index contributed by atoms with van der Waals surface area (Å²) >= 11 is 2.12. The third-order valence-corrected chi connectivity index (χ3v) is 3.86. The van der Waals surface area contributed by atoms with Crippen LogP contribution in [-0.4, -0.2) is 35.5 Å². The number of nitrogens with zero attached hydrogens (tertiary/aromatic N) is 1. The lowest BCUT2D eigenvalue weighted by atomic mass is 10.0. The summed E-state index contributed by atoms with van der Waals surface area (Å²) < 4.78 is 0.922. The largest absolute Gasteiger partial charge is 0.507 e. The Labute approximate surface area is 128 Å².